The molecule has 0 spiro atoms. The van der Waals surface area contributed by atoms with Crippen LogP contribution in [-0.4, -0.2) is 55.2 Å². The number of morpholine rings is 1. The van der Waals surface area contributed by atoms with Gasteiger partial charge < -0.3 is 14.8 Å². The highest BCUT2D eigenvalue weighted by Crippen LogP contribution is 2.37. The Morgan fingerprint density at radius 2 is 1.97 bits per heavy atom. The minimum Gasteiger partial charge on any atom is -0.493 e. The van der Waals surface area contributed by atoms with Crippen LogP contribution in [0.25, 0.3) is 30.4 Å². The fourth-order valence-electron chi connectivity index (χ4n) is 4.40. The summed E-state index contributed by atoms with van der Waals surface area (Å²) in [5.74, 6) is 0.495. The first-order valence-electron chi connectivity index (χ1n) is 11.8. The predicted molar refractivity (Wildman–Crippen MR) is 147 cm³/mol. The summed E-state index contributed by atoms with van der Waals surface area (Å²) in [6, 6.07) is 12.2. The molecule has 0 saturated carbocycles. The van der Waals surface area contributed by atoms with E-state index in [0.29, 0.717) is 17.9 Å². The van der Waals surface area contributed by atoms with Crippen molar-refractivity contribution in [1.29, 1.82) is 0 Å². The standard InChI is InChI=1S/C26H25N3O3S3/c30-26(28-23-14-18-3-4-21-24(25(18)35-23)27-16-34-21)19-13-17-5-12-33-22(17)15-20(19)32-9-2-1-6-29-7-10-31-11-8-29/h3-5,12-16H,1-2,6-11H2,(H,28,30). The maximum atomic E-state index is 13.4. The van der Waals surface area contributed by atoms with Gasteiger partial charge in [-0.1, -0.05) is 6.07 Å². The van der Waals surface area contributed by atoms with E-state index < -0.39 is 0 Å². The summed E-state index contributed by atoms with van der Waals surface area (Å²) in [6.45, 7) is 5.31. The zero-order valence-electron chi connectivity index (χ0n) is 19.1. The van der Waals surface area contributed by atoms with Crippen LogP contribution in [-0.2, 0) is 4.74 Å². The number of fused-ring (bicyclic) bond motifs is 4. The van der Waals surface area contributed by atoms with Crippen molar-refractivity contribution < 1.29 is 14.3 Å². The zero-order chi connectivity index (χ0) is 23.6. The molecule has 1 fully saturated rings. The fourth-order valence-corrected chi connectivity index (χ4v) is 7.00. The minimum absolute atomic E-state index is 0.150. The average molecular weight is 524 g/mol. The van der Waals surface area contributed by atoms with Crippen molar-refractivity contribution >= 4 is 75.3 Å². The van der Waals surface area contributed by atoms with Gasteiger partial charge >= 0.3 is 0 Å². The highest BCUT2D eigenvalue weighted by molar-refractivity contribution is 7.25. The molecule has 0 aliphatic carbocycles. The molecule has 180 valence electrons. The Labute approximate surface area is 215 Å². The molecule has 0 bridgehead atoms. The Morgan fingerprint density at radius 3 is 2.89 bits per heavy atom. The van der Waals surface area contributed by atoms with Crippen LogP contribution in [0.3, 0.4) is 0 Å². The van der Waals surface area contributed by atoms with Gasteiger partial charge in [0.05, 0.1) is 50.8 Å². The molecule has 6 rings (SSSR count). The summed E-state index contributed by atoms with van der Waals surface area (Å²) in [4.78, 5) is 20.3. The normalized spacial score (nSPS) is 14.7. The van der Waals surface area contributed by atoms with E-state index >= 15 is 0 Å². The third-order valence-corrected chi connectivity index (χ3v) is 9.00. The molecule has 4 heterocycles. The van der Waals surface area contributed by atoms with Crippen molar-refractivity contribution in [3.05, 3.63) is 52.9 Å². The molecule has 5 aromatic rings. The fraction of sp³-hybridized carbons (Fsp3) is 0.308. The molecule has 0 radical (unpaired) electrons. The van der Waals surface area contributed by atoms with Crippen molar-refractivity contribution in [2.75, 3.05) is 44.8 Å². The van der Waals surface area contributed by atoms with Crippen LogP contribution < -0.4 is 10.1 Å². The Hall–Kier alpha value is -2.56. The lowest BCUT2D eigenvalue weighted by Gasteiger charge is -2.26. The monoisotopic (exact) mass is 523 g/mol. The molecule has 1 amide bonds. The molecule has 1 aliphatic heterocycles. The van der Waals surface area contributed by atoms with E-state index in [1.807, 2.05) is 35.2 Å². The molecular formula is C26H25N3O3S3. The van der Waals surface area contributed by atoms with Crippen molar-refractivity contribution in [1.82, 2.24) is 9.88 Å². The second kappa shape index (κ2) is 10.2. The molecule has 1 saturated heterocycles. The second-order valence-electron chi connectivity index (χ2n) is 8.56. The number of rotatable bonds is 8. The number of nitrogens with zero attached hydrogens (tertiary/aromatic N) is 2. The number of nitrogens with one attached hydrogen (secondary N) is 1. The van der Waals surface area contributed by atoms with Gasteiger partial charge in [0.25, 0.3) is 5.91 Å². The molecule has 6 nitrogen and oxygen atoms in total. The van der Waals surface area contributed by atoms with Crippen molar-refractivity contribution in [2.24, 2.45) is 0 Å². The third kappa shape index (κ3) is 4.92. The average Bonchev–Trinajstić information content (AvgIpc) is 3.62. The molecular weight excluding hydrogens is 499 g/mol. The Morgan fingerprint density at radius 1 is 1.06 bits per heavy atom. The number of thiazole rings is 1. The summed E-state index contributed by atoms with van der Waals surface area (Å²) in [7, 11) is 0. The quantitative estimate of drug-likeness (QED) is 0.236. The van der Waals surface area contributed by atoms with Gasteiger partial charge in [-0.25, -0.2) is 4.98 Å². The Bertz CT molecular complexity index is 1480. The van der Waals surface area contributed by atoms with Crippen LogP contribution in [0, 0.1) is 0 Å². The van der Waals surface area contributed by atoms with Crippen LogP contribution in [0.2, 0.25) is 0 Å². The number of hydrogen-bond donors (Lipinski definition) is 1. The van der Waals surface area contributed by atoms with Gasteiger partial charge in [0.1, 0.15) is 5.75 Å². The van der Waals surface area contributed by atoms with Gasteiger partial charge in [0.15, 0.2) is 0 Å². The molecule has 35 heavy (non-hydrogen) atoms. The Balaban J connectivity index is 1.17. The molecule has 1 aliphatic rings. The number of carbonyl (C=O) groups excluding carboxylic acids is 1. The number of thiophene rings is 2. The zero-order valence-corrected chi connectivity index (χ0v) is 21.6. The van der Waals surface area contributed by atoms with Gasteiger partial charge in [-0.05, 0) is 65.9 Å². The number of aromatic nitrogens is 1. The summed E-state index contributed by atoms with van der Waals surface area (Å²) in [5, 5.41) is 8.11. The highest BCUT2D eigenvalue weighted by Gasteiger charge is 2.17. The van der Waals surface area contributed by atoms with Crippen molar-refractivity contribution in [3.63, 3.8) is 0 Å². The minimum atomic E-state index is -0.150. The lowest BCUT2D eigenvalue weighted by atomic mass is 10.1. The summed E-state index contributed by atoms with van der Waals surface area (Å²) in [5.41, 5.74) is 3.43. The van der Waals surface area contributed by atoms with Crippen LogP contribution in [0.5, 0.6) is 5.75 Å². The first-order valence-corrected chi connectivity index (χ1v) is 14.3. The predicted octanol–water partition coefficient (Wildman–Crippen LogP) is 6.47. The van der Waals surface area contributed by atoms with Gasteiger partial charge in [0, 0.05) is 17.8 Å². The van der Waals surface area contributed by atoms with Crippen molar-refractivity contribution in [2.45, 2.75) is 12.8 Å². The van der Waals surface area contributed by atoms with Crippen LogP contribution in [0.1, 0.15) is 23.2 Å². The van der Waals surface area contributed by atoms with Crippen LogP contribution in [0.15, 0.2) is 47.3 Å². The summed E-state index contributed by atoms with van der Waals surface area (Å²) in [6.07, 6.45) is 2.01. The number of benzene rings is 2. The topological polar surface area (TPSA) is 63.7 Å². The van der Waals surface area contributed by atoms with E-state index in [4.69, 9.17) is 9.47 Å². The maximum Gasteiger partial charge on any atom is 0.260 e. The lowest BCUT2D eigenvalue weighted by molar-refractivity contribution is 0.0368. The number of unbranched alkanes of at least 4 members (excludes halogenated alkanes) is 1. The Kier molecular flexibility index (Phi) is 6.67. The van der Waals surface area contributed by atoms with E-state index in [1.54, 1.807) is 34.0 Å². The van der Waals surface area contributed by atoms with Gasteiger partial charge in [0.2, 0.25) is 0 Å². The van der Waals surface area contributed by atoms with E-state index in [0.717, 1.165) is 81.1 Å². The number of hydrogen-bond acceptors (Lipinski definition) is 8. The highest BCUT2D eigenvalue weighted by atomic mass is 32.1. The second-order valence-corrected chi connectivity index (χ2v) is 11.5. The van der Waals surface area contributed by atoms with E-state index in [-0.39, 0.29) is 5.91 Å². The first-order chi connectivity index (χ1) is 17.2. The first kappa shape index (κ1) is 22.9. The maximum absolute atomic E-state index is 13.4. The number of amides is 1. The smallest absolute Gasteiger partial charge is 0.260 e. The number of anilines is 1. The number of carbonyl (C=O) groups is 1. The summed E-state index contributed by atoms with van der Waals surface area (Å²) >= 11 is 4.85. The SMILES string of the molecule is O=C(Nc1cc2ccc3scnc3c2s1)c1cc2ccsc2cc1OCCCCN1CCOCC1. The van der Waals surface area contributed by atoms with E-state index in [1.165, 1.54) is 0 Å². The van der Waals surface area contributed by atoms with Crippen LogP contribution >= 0.6 is 34.0 Å². The molecule has 3 aromatic heterocycles. The largest absolute Gasteiger partial charge is 0.493 e. The molecule has 9 heteroatoms. The molecule has 2 aromatic carbocycles. The molecule has 0 unspecified atom stereocenters. The lowest BCUT2D eigenvalue weighted by Crippen LogP contribution is -2.36. The molecule has 1 N–H and O–H groups in total. The van der Waals surface area contributed by atoms with Gasteiger partial charge in [-0.2, -0.15) is 0 Å². The molecule has 0 atom stereocenters. The van der Waals surface area contributed by atoms with Crippen molar-refractivity contribution in [3.8, 4) is 5.75 Å². The van der Waals surface area contributed by atoms with Gasteiger partial charge in [-0.3, -0.25) is 9.69 Å². The van der Waals surface area contributed by atoms with E-state index in [9.17, 15) is 4.79 Å². The summed E-state index contributed by atoms with van der Waals surface area (Å²) < 4.78 is 15.0. The third-order valence-electron chi connectivity index (χ3n) is 6.25. The van der Waals surface area contributed by atoms with Gasteiger partial charge in [-0.15, -0.1) is 34.0 Å². The van der Waals surface area contributed by atoms with Crippen LogP contribution in [0.4, 0.5) is 5.00 Å². The number of ether oxygens (including phenoxy) is 2. The van der Waals surface area contributed by atoms with E-state index in [2.05, 4.69) is 27.3 Å².